The maximum Gasteiger partial charge on any atom is 0.220 e. The largest absolute Gasteiger partial charge is 0.394 e. The molecule has 0 aliphatic carbocycles. The van der Waals surface area contributed by atoms with Gasteiger partial charge in [-0.2, -0.15) is 0 Å². The number of amides is 1. The normalized spacial score (nSPS) is 13.9. The minimum atomic E-state index is -0.672. The Hall–Kier alpha value is -2.43. The lowest BCUT2D eigenvalue weighted by atomic mass is 10.0. The number of carbonyl (C=O) groups is 1. The molecule has 0 saturated carbocycles. The van der Waals surface area contributed by atoms with Crippen molar-refractivity contribution in [3.8, 4) is 0 Å². The quantitative estimate of drug-likeness (QED) is 0.0445. The first-order valence-corrected chi connectivity index (χ1v) is 21.3. The Morgan fingerprint density at radius 2 is 0.863 bits per heavy atom. The molecule has 0 bridgehead atoms. The van der Waals surface area contributed by atoms with Crippen LogP contribution in [0.3, 0.4) is 0 Å². The van der Waals surface area contributed by atoms with Crippen LogP contribution in [0.1, 0.15) is 187 Å². The van der Waals surface area contributed by atoms with Gasteiger partial charge < -0.3 is 15.5 Å². The number of hydrogen-bond acceptors (Lipinski definition) is 3. The third-order valence-electron chi connectivity index (χ3n) is 9.17. The second kappa shape index (κ2) is 42.0. The predicted octanol–water partition coefficient (Wildman–Crippen LogP) is 13.3. The first kappa shape index (κ1) is 48.6. The average Bonchev–Trinajstić information content (AvgIpc) is 3.13. The van der Waals surface area contributed by atoms with Crippen LogP contribution >= 0.6 is 0 Å². The summed E-state index contributed by atoms with van der Waals surface area (Å²) in [6, 6.07) is -0.551. The zero-order valence-electron chi connectivity index (χ0n) is 33.3. The summed E-state index contributed by atoms with van der Waals surface area (Å²) in [5.74, 6) is -0.0554. The van der Waals surface area contributed by atoms with Gasteiger partial charge in [0.15, 0.2) is 0 Å². The van der Waals surface area contributed by atoms with Gasteiger partial charge in [0.25, 0.3) is 0 Å². The zero-order valence-corrected chi connectivity index (χ0v) is 33.3. The van der Waals surface area contributed by atoms with Crippen LogP contribution in [-0.2, 0) is 4.79 Å². The lowest BCUT2D eigenvalue weighted by Crippen LogP contribution is -2.45. The second-order valence-corrected chi connectivity index (χ2v) is 14.0. The maximum absolute atomic E-state index is 12.4. The Bertz CT molecular complexity index is 941. The molecule has 0 aromatic carbocycles. The molecule has 0 heterocycles. The van der Waals surface area contributed by atoms with Crippen molar-refractivity contribution in [2.75, 3.05) is 6.61 Å². The van der Waals surface area contributed by atoms with Crippen LogP contribution < -0.4 is 5.32 Å². The van der Waals surface area contributed by atoms with Crippen molar-refractivity contribution in [1.29, 1.82) is 0 Å². The van der Waals surface area contributed by atoms with E-state index in [2.05, 4.69) is 104 Å². The molecule has 0 aliphatic heterocycles. The summed E-state index contributed by atoms with van der Waals surface area (Å²) < 4.78 is 0. The van der Waals surface area contributed by atoms with Crippen molar-refractivity contribution in [1.82, 2.24) is 5.32 Å². The van der Waals surface area contributed by atoms with E-state index in [-0.39, 0.29) is 12.5 Å². The van der Waals surface area contributed by atoms with Gasteiger partial charge in [0.1, 0.15) is 0 Å². The molecule has 0 aromatic rings. The van der Waals surface area contributed by atoms with Crippen molar-refractivity contribution in [3.63, 3.8) is 0 Å². The fourth-order valence-corrected chi connectivity index (χ4v) is 5.93. The van der Waals surface area contributed by atoms with Crippen LogP contribution in [0.25, 0.3) is 0 Å². The Labute approximate surface area is 316 Å². The smallest absolute Gasteiger partial charge is 0.220 e. The number of allylic oxidation sites excluding steroid dienone is 14. The SMILES string of the molecule is CC/C=C\C/C=C\C/C=C\C/C=C\C/C=C\C/C=C\C/C=C\CCCCCCCC(=O)NC(CO)C(O)CCCCCCCCCCCCCC. The molecule has 0 aliphatic rings. The standard InChI is InChI=1S/C47H81NO3/c1-3-5-7-9-11-13-15-17-18-19-20-21-22-23-24-25-26-27-28-29-30-31-33-35-37-39-41-43-47(51)48-45(44-49)46(50)42-40-38-36-34-32-16-14-12-10-8-6-4-2/h5,7,11,13,17-18,20-21,23-24,26-27,29-30,45-46,49-50H,3-4,6,8-10,12,14-16,19,22,25,28,31-44H2,1-2H3,(H,48,51)/b7-5-,13-11-,18-17-,21-20-,24-23-,27-26-,30-29-. The predicted molar refractivity (Wildman–Crippen MR) is 225 cm³/mol. The van der Waals surface area contributed by atoms with E-state index < -0.39 is 12.1 Å². The van der Waals surface area contributed by atoms with Gasteiger partial charge in [0.2, 0.25) is 5.91 Å². The minimum absolute atomic E-state index is 0.0554. The van der Waals surface area contributed by atoms with Gasteiger partial charge in [-0.3, -0.25) is 4.79 Å². The van der Waals surface area contributed by atoms with E-state index in [1.807, 2.05) is 0 Å². The number of aliphatic hydroxyl groups excluding tert-OH is 2. The van der Waals surface area contributed by atoms with Crippen LogP contribution in [0.15, 0.2) is 85.1 Å². The Morgan fingerprint density at radius 3 is 1.29 bits per heavy atom. The lowest BCUT2D eigenvalue weighted by molar-refractivity contribution is -0.123. The molecule has 2 unspecified atom stereocenters. The van der Waals surface area contributed by atoms with E-state index in [0.717, 1.165) is 83.5 Å². The number of nitrogens with one attached hydrogen (secondary N) is 1. The van der Waals surface area contributed by atoms with Crippen LogP contribution in [0.5, 0.6) is 0 Å². The first-order chi connectivity index (χ1) is 25.2. The fourth-order valence-electron chi connectivity index (χ4n) is 5.93. The van der Waals surface area contributed by atoms with Gasteiger partial charge in [-0.25, -0.2) is 0 Å². The van der Waals surface area contributed by atoms with E-state index in [0.29, 0.717) is 12.8 Å². The highest BCUT2D eigenvalue weighted by molar-refractivity contribution is 5.76. The van der Waals surface area contributed by atoms with E-state index in [4.69, 9.17) is 0 Å². The van der Waals surface area contributed by atoms with Gasteiger partial charge in [-0.15, -0.1) is 0 Å². The topological polar surface area (TPSA) is 69.6 Å². The summed E-state index contributed by atoms with van der Waals surface area (Å²) in [6.45, 7) is 4.21. The van der Waals surface area contributed by atoms with Crippen LogP contribution in [0, 0.1) is 0 Å². The molecule has 0 saturated heterocycles. The Morgan fingerprint density at radius 1 is 0.490 bits per heavy atom. The molecule has 2 atom stereocenters. The average molecular weight is 708 g/mol. The highest BCUT2D eigenvalue weighted by Gasteiger charge is 2.19. The van der Waals surface area contributed by atoms with Crippen LogP contribution in [0.2, 0.25) is 0 Å². The van der Waals surface area contributed by atoms with E-state index in [1.54, 1.807) is 0 Å². The molecule has 51 heavy (non-hydrogen) atoms. The van der Waals surface area contributed by atoms with Crippen molar-refractivity contribution in [2.24, 2.45) is 0 Å². The summed E-state index contributed by atoms with van der Waals surface area (Å²) in [6.07, 6.45) is 60.8. The van der Waals surface area contributed by atoms with Crippen molar-refractivity contribution in [2.45, 2.75) is 199 Å². The summed E-state index contributed by atoms with van der Waals surface area (Å²) in [7, 11) is 0. The fraction of sp³-hybridized carbons (Fsp3) is 0.681. The zero-order chi connectivity index (χ0) is 37.1. The highest BCUT2D eigenvalue weighted by atomic mass is 16.3. The Balaban J connectivity index is 3.66. The van der Waals surface area contributed by atoms with Gasteiger partial charge in [0.05, 0.1) is 18.8 Å². The number of hydrogen-bond donors (Lipinski definition) is 3. The molecular formula is C47H81NO3. The van der Waals surface area contributed by atoms with Gasteiger partial charge in [-0.05, 0) is 70.6 Å². The third kappa shape index (κ3) is 38.6. The third-order valence-corrected chi connectivity index (χ3v) is 9.17. The van der Waals surface area contributed by atoms with E-state index >= 15 is 0 Å². The van der Waals surface area contributed by atoms with Crippen LogP contribution in [-0.4, -0.2) is 34.9 Å². The number of carbonyl (C=O) groups excluding carboxylic acids is 1. The van der Waals surface area contributed by atoms with E-state index in [9.17, 15) is 15.0 Å². The monoisotopic (exact) mass is 708 g/mol. The summed E-state index contributed by atoms with van der Waals surface area (Å²) >= 11 is 0. The molecule has 3 N–H and O–H groups in total. The Kier molecular flexibility index (Phi) is 40.0. The highest BCUT2D eigenvalue weighted by Crippen LogP contribution is 2.14. The van der Waals surface area contributed by atoms with Crippen molar-refractivity contribution >= 4 is 5.91 Å². The van der Waals surface area contributed by atoms with Crippen LogP contribution in [0.4, 0.5) is 0 Å². The summed E-state index contributed by atoms with van der Waals surface area (Å²) in [5.41, 5.74) is 0. The number of unbranched alkanes of at least 4 members (excludes halogenated alkanes) is 16. The first-order valence-electron chi connectivity index (χ1n) is 21.3. The maximum atomic E-state index is 12.4. The van der Waals surface area contributed by atoms with Gasteiger partial charge >= 0.3 is 0 Å². The molecule has 0 rings (SSSR count). The molecule has 0 spiro atoms. The molecule has 4 nitrogen and oxygen atoms in total. The lowest BCUT2D eigenvalue weighted by Gasteiger charge is -2.22. The summed E-state index contributed by atoms with van der Waals surface area (Å²) in [5, 5.41) is 23.1. The van der Waals surface area contributed by atoms with Crippen molar-refractivity contribution < 1.29 is 15.0 Å². The molecule has 0 fully saturated rings. The molecule has 1 amide bonds. The molecule has 0 aromatic heterocycles. The van der Waals surface area contributed by atoms with Gasteiger partial charge in [-0.1, -0.05) is 195 Å². The minimum Gasteiger partial charge on any atom is -0.394 e. The van der Waals surface area contributed by atoms with Crippen molar-refractivity contribution in [3.05, 3.63) is 85.1 Å². The van der Waals surface area contributed by atoms with E-state index in [1.165, 1.54) is 77.0 Å². The molecule has 0 radical (unpaired) electrons. The second-order valence-electron chi connectivity index (χ2n) is 14.0. The summed E-state index contributed by atoms with van der Waals surface area (Å²) in [4.78, 5) is 12.4. The van der Waals surface area contributed by atoms with Gasteiger partial charge in [0, 0.05) is 6.42 Å². The number of rotatable bonds is 37. The number of aliphatic hydroxyl groups is 2. The molecule has 4 heteroatoms. The molecular weight excluding hydrogens is 627 g/mol. The molecule has 292 valence electrons.